The SMILES string of the molecule is Cl.O=C(NC1CCCC1)OCC1CCN(Cc2ccccc2)CC1. The fourth-order valence-corrected chi connectivity index (χ4v) is 3.62. The molecule has 1 aliphatic heterocycles. The zero-order valence-corrected chi connectivity index (χ0v) is 15.1. The van der Waals surface area contributed by atoms with Gasteiger partial charge in [0.2, 0.25) is 0 Å². The van der Waals surface area contributed by atoms with Crippen molar-refractivity contribution in [1.82, 2.24) is 10.2 Å². The van der Waals surface area contributed by atoms with Gasteiger partial charge in [0.05, 0.1) is 6.61 Å². The lowest BCUT2D eigenvalue weighted by molar-refractivity contribution is 0.0924. The van der Waals surface area contributed by atoms with E-state index >= 15 is 0 Å². The standard InChI is InChI=1S/C19H28N2O2.ClH/c22-19(20-18-8-4-5-9-18)23-15-17-10-12-21(13-11-17)14-16-6-2-1-3-7-16;/h1-3,6-7,17-18H,4-5,8-15H2,(H,20,22);1H. The molecule has 24 heavy (non-hydrogen) atoms. The first kappa shape index (κ1) is 19.1. The molecule has 4 nitrogen and oxygen atoms in total. The van der Waals surface area contributed by atoms with Gasteiger partial charge in [-0.15, -0.1) is 12.4 Å². The highest BCUT2D eigenvalue weighted by Crippen LogP contribution is 2.20. The Balaban J connectivity index is 0.00000208. The number of ether oxygens (including phenoxy) is 1. The minimum Gasteiger partial charge on any atom is -0.449 e. The van der Waals surface area contributed by atoms with E-state index in [1.807, 2.05) is 0 Å². The van der Waals surface area contributed by atoms with Crippen LogP contribution in [0, 0.1) is 5.92 Å². The molecular formula is C19H29ClN2O2. The topological polar surface area (TPSA) is 41.6 Å². The summed E-state index contributed by atoms with van der Waals surface area (Å²) in [6, 6.07) is 11.0. The maximum atomic E-state index is 11.8. The summed E-state index contributed by atoms with van der Waals surface area (Å²) in [7, 11) is 0. The van der Waals surface area contributed by atoms with Crippen LogP contribution in [0.3, 0.4) is 0 Å². The Kier molecular flexibility index (Phi) is 7.86. The number of piperidine rings is 1. The molecule has 1 saturated carbocycles. The fraction of sp³-hybridized carbons (Fsp3) is 0.632. The molecule has 0 bridgehead atoms. The minimum atomic E-state index is -0.219. The molecule has 5 heteroatoms. The zero-order valence-electron chi connectivity index (χ0n) is 14.3. The van der Waals surface area contributed by atoms with Gasteiger partial charge in [0.15, 0.2) is 0 Å². The van der Waals surface area contributed by atoms with E-state index < -0.39 is 0 Å². The van der Waals surface area contributed by atoms with Gasteiger partial charge >= 0.3 is 6.09 Å². The lowest BCUT2D eigenvalue weighted by Gasteiger charge is -2.31. The molecular weight excluding hydrogens is 324 g/mol. The van der Waals surface area contributed by atoms with Crippen LogP contribution in [0.15, 0.2) is 30.3 Å². The summed E-state index contributed by atoms with van der Waals surface area (Å²) in [5.41, 5.74) is 1.37. The van der Waals surface area contributed by atoms with Crippen LogP contribution in [0.25, 0.3) is 0 Å². The number of likely N-dealkylation sites (tertiary alicyclic amines) is 1. The summed E-state index contributed by atoms with van der Waals surface area (Å²) in [5, 5.41) is 2.99. The molecule has 1 saturated heterocycles. The first-order chi connectivity index (χ1) is 11.3. The molecule has 2 aliphatic rings. The predicted octanol–water partition coefficient (Wildman–Crippen LogP) is 3.99. The Labute approximate surface area is 151 Å². The van der Waals surface area contributed by atoms with Crippen LogP contribution in [0.2, 0.25) is 0 Å². The molecule has 0 aromatic heterocycles. The second kappa shape index (κ2) is 9.90. The summed E-state index contributed by atoms with van der Waals surface area (Å²) in [5.74, 6) is 0.511. The van der Waals surface area contributed by atoms with Crippen molar-refractivity contribution in [3.05, 3.63) is 35.9 Å². The van der Waals surface area contributed by atoms with Gasteiger partial charge in [-0.25, -0.2) is 4.79 Å². The molecule has 1 aliphatic carbocycles. The average molecular weight is 353 g/mol. The number of carbonyl (C=O) groups excluding carboxylic acids is 1. The van der Waals surface area contributed by atoms with Crippen molar-refractivity contribution in [1.29, 1.82) is 0 Å². The lowest BCUT2D eigenvalue weighted by atomic mass is 9.97. The van der Waals surface area contributed by atoms with Gasteiger partial charge in [-0.2, -0.15) is 0 Å². The molecule has 3 rings (SSSR count). The molecule has 0 radical (unpaired) electrons. The van der Waals surface area contributed by atoms with E-state index in [0.717, 1.165) is 45.3 Å². The summed E-state index contributed by atoms with van der Waals surface area (Å²) in [6.45, 7) is 3.77. The van der Waals surface area contributed by atoms with E-state index in [0.29, 0.717) is 18.6 Å². The number of nitrogens with zero attached hydrogens (tertiary/aromatic N) is 1. The van der Waals surface area contributed by atoms with Gasteiger partial charge in [-0.05, 0) is 50.3 Å². The van der Waals surface area contributed by atoms with E-state index in [4.69, 9.17) is 4.74 Å². The van der Waals surface area contributed by atoms with E-state index in [2.05, 4.69) is 40.5 Å². The number of alkyl carbamates (subject to hydrolysis) is 1. The monoisotopic (exact) mass is 352 g/mol. The number of benzene rings is 1. The number of halogens is 1. The first-order valence-electron chi connectivity index (χ1n) is 8.99. The van der Waals surface area contributed by atoms with Crippen LogP contribution < -0.4 is 5.32 Å². The Bertz CT molecular complexity index is 483. The second-order valence-electron chi connectivity index (χ2n) is 6.93. The van der Waals surface area contributed by atoms with Crippen molar-refractivity contribution in [2.45, 2.75) is 51.1 Å². The Hall–Kier alpha value is -1.26. The molecule has 0 spiro atoms. The van der Waals surface area contributed by atoms with Crippen molar-refractivity contribution in [3.63, 3.8) is 0 Å². The maximum Gasteiger partial charge on any atom is 0.407 e. The van der Waals surface area contributed by atoms with E-state index in [1.165, 1.54) is 18.4 Å². The molecule has 1 heterocycles. The van der Waals surface area contributed by atoms with E-state index in [-0.39, 0.29) is 18.5 Å². The highest BCUT2D eigenvalue weighted by atomic mass is 35.5. The van der Waals surface area contributed by atoms with Crippen LogP contribution in [-0.4, -0.2) is 36.7 Å². The summed E-state index contributed by atoms with van der Waals surface area (Å²) < 4.78 is 5.43. The van der Waals surface area contributed by atoms with Crippen molar-refractivity contribution in [3.8, 4) is 0 Å². The van der Waals surface area contributed by atoms with Gasteiger partial charge in [0.25, 0.3) is 0 Å². The van der Waals surface area contributed by atoms with Gasteiger partial charge < -0.3 is 10.1 Å². The first-order valence-corrected chi connectivity index (χ1v) is 8.99. The van der Waals surface area contributed by atoms with Crippen LogP contribution >= 0.6 is 12.4 Å². The van der Waals surface area contributed by atoms with Crippen LogP contribution in [0.5, 0.6) is 0 Å². The molecule has 0 unspecified atom stereocenters. The van der Waals surface area contributed by atoms with E-state index in [1.54, 1.807) is 0 Å². The highest BCUT2D eigenvalue weighted by molar-refractivity contribution is 5.85. The third kappa shape index (κ3) is 5.99. The summed E-state index contributed by atoms with van der Waals surface area (Å²) in [4.78, 5) is 14.3. The number of rotatable bonds is 5. The van der Waals surface area contributed by atoms with Crippen molar-refractivity contribution < 1.29 is 9.53 Å². The second-order valence-corrected chi connectivity index (χ2v) is 6.93. The largest absolute Gasteiger partial charge is 0.449 e. The number of amides is 1. The molecule has 2 fully saturated rings. The molecule has 1 aromatic carbocycles. The number of hydrogen-bond acceptors (Lipinski definition) is 3. The Morgan fingerprint density at radius 3 is 2.42 bits per heavy atom. The van der Waals surface area contributed by atoms with E-state index in [9.17, 15) is 4.79 Å². The Morgan fingerprint density at radius 2 is 1.75 bits per heavy atom. The van der Waals surface area contributed by atoms with Crippen molar-refractivity contribution in [2.75, 3.05) is 19.7 Å². The third-order valence-corrected chi connectivity index (χ3v) is 5.08. The van der Waals surface area contributed by atoms with Crippen LogP contribution in [-0.2, 0) is 11.3 Å². The lowest BCUT2D eigenvalue weighted by Crippen LogP contribution is -2.37. The zero-order chi connectivity index (χ0) is 15.9. The summed E-state index contributed by atoms with van der Waals surface area (Å²) >= 11 is 0. The Morgan fingerprint density at radius 1 is 1.08 bits per heavy atom. The van der Waals surface area contributed by atoms with Gasteiger partial charge in [0.1, 0.15) is 0 Å². The van der Waals surface area contributed by atoms with Gasteiger partial charge in [0, 0.05) is 12.6 Å². The molecule has 1 N–H and O–H groups in total. The normalized spacial score (nSPS) is 19.7. The number of hydrogen-bond donors (Lipinski definition) is 1. The molecule has 1 aromatic rings. The molecule has 0 atom stereocenters. The minimum absolute atomic E-state index is 0. The van der Waals surface area contributed by atoms with Crippen molar-refractivity contribution >= 4 is 18.5 Å². The molecule has 1 amide bonds. The quantitative estimate of drug-likeness (QED) is 0.871. The highest BCUT2D eigenvalue weighted by Gasteiger charge is 2.22. The van der Waals surface area contributed by atoms with Crippen LogP contribution in [0.4, 0.5) is 4.79 Å². The number of nitrogens with one attached hydrogen (secondary N) is 1. The predicted molar refractivity (Wildman–Crippen MR) is 98.4 cm³/mol. The van der Waals surface area contributed by atoms with Crippen LogP contribution in [0.1, 0.15) is 44.1 Å². The van der Waals surface area contributed by atoms with Gasteiger partial charge in [-0.1, -0.05) is 43.2 Å². The average Bonchev–Trinajstić information content (AvgIpc) is 3.08. The molecule has 134 valence electrons. The fourth-order valence-electron chi connectivity index (χ4n) is 3.62. The van der Waals surface area contributed by atoms with Crippen molar-refractivity contribution in [2.24, 2.45) is 5.92 Å². The third-order valence-electron chi connectivity index (χ3n) is 5.08. The smallest absolute Gasteiger partial charge is 0.407 e. The summed E-state index contributed by atoms with van der Waals surface area (Å²) in [6.07, 6.45) is 6.67. The van der Waals surface area contributed by atoms with Gasteiger partial charge in [-0.3, -0.25) is 4.90 Å². The number of carbonyl (C=O) groups is 1. The maximum absolute atomic E-state index is 11.8.